The number of nitrogens with two attached hydrogens (primary N) is 1. The minimum atomic E-state index is -4.57. The summed E-state index contributed by atoms with van der Waals surface area (Å²) in [5.41, 5.74) is 3.89. The predicted octanol–water partition coefficient (Wildman–Crippen LogP) is 1.64. The SMILES string of the molecule is Nc1ccc(NC(=O)C2COCCO2)cc1C(F)(F)F. The van der Waals surface area contributed by atoms with Gasteiger partial charge in [0.15, 0.2) is 6.10 Å². The molecule has 1 atom stereocenters. The molecule has 5 nitrogen and oxygen atoms in total. The van der Waals surface area contributed by atoms with E-state index in [1.807, 2.05) is 0 Å². The number of hydrogen-bond donors (Lipinski definition) is 2. The summed E-state index contributed by atoms with van der Waals surface area (Å²) in [6.07, 6.45) is -5.40. The summed E-state index contributed by atoms with van der Waals surface area (Å²) in [4.78, 5) is 11.8. The number of rotatable bonds is 2. The highest BCUT2D eigenvalue weighted by Crippen LogP contribution is 2.35. The summed E-state index contributed by atoms with van der Waals surface area (Å²) in [5, 5.41) is 2.35. The number of benzene rings is 1. The predicted molar refractivity (Wildman–Crippen MR) is 65.0 cm³/mol. The Balaban J connectivity index is 2.11. The fourth-order valence-corrected chi connectivity index (χ4v) is 1.74. The average Bonchev–Trinajstić information content (AvgIpc) is 2.40. The topological polar surface area (TPSA) is 73.6 Å². The zero-order chi connectivity index (χ0) is 14.8. The van der Waals surface area contributed by atoms with Gasteiger partial charge < -0.3 is 20.5 Å². The molecule has 1 aliphatic heterocycles. The Morgan fingerprint density at radius 1 is 1.35 bits per heavy atom. The molecule has 2 rings (SSSR count). The highest BCUT2D eigenvalue weighted by Gasteiger charge is 2.33. The van der Waals surface area contributed by atoms with Crippen molar-refractivity contribution >= 4 is 17.3 Å². The Hall–Kier alpha value is -1.80. The Morgan fingerprint density at radius 3 is 2.70 bits per heavy atom. The van der Waals surface area contributed by atoms with E-state index >= 15 is 0 Å². The van der Waals surface area contributed by atoms with E-state index in [0.717, 1.165) is 12.1 Å². The van der Waals surface area contributed by atoms with Crippen LogP contribution < -0.4 is 11.1 Å². The van der Waals surface area contributed by atoms with E-state index < -0.39 is 29.4 Å². The van der Waals surface area contributed by atoms with E-state index in [1.54, 1.807) is 0 Å². The van der Waals surface area contributed by atoms with Crippen LogP contribution in [-0.4, -0.2) is 31.8 Å². The average molecular weight is 290 g/mol. The molecule has 0 aliphatic carbocycles. The van der Waals surface area contributed by atoms with Crippen LogP contribution in [0.2, 0.25) is 0 Å². The van der Waals surface area contributed by atoms with Crippen LogP contribution in [0.25, 0.3) is 0 Å². The van der Waals surface area contributed by atoms with Gasteiger partial charge in [0.1, 0.15) is 0 Å². The molecule has 1 heterocycles. The van der Waals surface area contributed by atoms with Gasteiger partial charge in [-0.1, -0.05) is 0 Å². The first-order valence-corrected chi connectivity index (χ1v) is 5.85. The van der Waals surface area contributed by atoms with Gasteiger partial charge in [0.25, 0.3) is 5.91 Å². The minimum absolute atomic E-state index is 0.00528. The van der Waals surface area contributed by atoms with E-state index in [0.29, 0.717) is 6.61 Å². The lowest BCUT2D eigenvalue weighted by molar-refractivity contribution is -0.142. The van der Waals surface area contributed by atoms with Crippen LogP contribution in [0.3, 0.4) is 0 Å². The largest absolute Gasteiger partial charge is 0.418 e. The van der Waals surface area contributed by atoms with Gasteiger partial charge in [-0.3, -0.25) is 4.79 Å². The van der Waals surface area contributed by atoms with Gasteiger partial charge in [-0.25, -0.2) is 0 Å². The van der Waals surface area contributed by atoms with Gasteiger partial charge in [-0.15, -0.1) is 0 Å². The fraction of sp³-hybridized carbons (Fsp3) is 0.417. The second kappa shape index (κ2) is 5.68. The Labute approximate surface area is 112 Å². The molecule has 0 saturated carbocycles. The molecule has 20 heavy (non-hydrogen) atoms. The van der Waals surface area contributed by atoms with Crippen LogP contribution in [0.15, 0.2) is 18.2 Å². The zero-order valence-electron chi connectivity index (χ0n) is 10.4. The second-order valence-electron chi connectivity index (χ2n) is 4.22. The van der Waals surface area contributed by atoms with Crippen molar-refractivity contribution in [2.45, 2.75) is 12.3 Å². The number of carbonyl (C=O) groups is 1. The van der Waals surface area contributed by atoms with Crippen LogP contribution in [-0.2, 0) is 20.4 Å². The van der Waals surface area contributed by atoms with Gasteiger partial charge in [0, 0.05) is 11.4 Å². The van der Waals surface area contributed by atoms with Crippen LogP contribution in [0.5, 0.6) is 0 Å². The molecule has 1 aliphatic rings. The molecular weight excluding hydrogens is 277 g/mol. The molecule has 0 radical (unpaired) electrons. The fourth-order valence-electron chi connectivity index (χ4n) is 1.74. The molecule has 1 aromatic carbocycles. The number of hydrogen-bond acceptors (Lipinski definition) is 4. The van der Waals surface area contributed by atoms with Crippen LogP contribution in [0, 0.1) is 0 Å². The van der Waals surface area contributed by atoms with E-state index in [1.165, 1.54) is 6.07 Å². The standard InChI is InChI=1S/C12H13F3N2O3/c13-12(14,15)8-5-7(1-2-9(8)16)17-11(18)10-6-19-3-4-20-10/h1-2,5,10H,3-4,6,16H2,(H,17,18). The van der Waals surface area contributed by atoms with Gasteiger partial charge in [-0.2, -0.15) is 13.2 Å². The monoisotopic (exact) mass is 290 g/mol. The molecule has 1 fully saturated rings. The number of alkyl halides is 3. The third-order valence-corrected chi connectivity index (χ3v) is 2.73. The molecule has 110 valence electrons. The molecule has 3 N–H and O–H groups in total. The summed E-state index contributed by atoms with van der Waals surface area (Å²) >= 11 is 0. The third kappa shape index (κ3) is 3.40. The second-order valence-corrected chi connectivity index (χ2v) is 4.22. The van der Waals surface area contributed by atoms with Crippen molar-refractivity contribution < 1.29 is 27.4 Å². The summed E-state index contributed by atoms with van der Waals surface area (Å²) in [5.74, 6) is -0.553. The zero-order valence-corrected chi connectivity index (χ0v) is 10.4. The normalized spacial score (nSPS) is 19.6. The molecule has 8 heteroatoms. The molecule has 0 spiro atoms. The Kier molecular flexibility index (Phi) is 4.15. The first-order valence-electron chi connectivity index (χ1n) is 5.85. The smallest absolute Gasteiger partial charge is 0.398 e. The van der Waals surface area contributed by atoms with Gasteiger partial charge in [0.05, 0.1) is 25.4 Å². The maximum absolute atomic E-state index is 12.7. The summed E-state index contributed by atoms with van der Waals surface area (Å²) in [7, 11) is 0. The van der Waals surface area contributed by atoms with E-state index in [9.17, 15) is 18.0 Å². The number of nitrogens with one attached hydrogen (secondary N) is 1. The van der Waals surface area contributed by atoms with Crippen LogP contribution >= 0.6 is 0 Å². The van der Waals surface area contributed by atoms with E-state index in [2.05, 4.69) is 5.32 Å². The highest BCUT2D eigenvalue weighted by molar-refractivity contribution is 5.94. The molecule has 1 amide bonds. The number of nitrogen functional groups attached to an aromatic ring is 1. The third-order valence-electron chi connectivity index (χ3n) is 2.73. The Bertz CT molecular complexity index is 499. The molecular formula is C12H13F3N2O3. The highest BCUT2D eigenvalue weighted by atomic mass is 19.4. The van der Waals surface area contributed by atoms with Crippen molar-refractivity contribution in [2.24, 2.45) is 0 Å². The van der Waals surface area contributed by atoms with Crippen molar-refractivity contribution in [2.75, 3.05) is 30.9 Å². The van der Waals surface area contributed by atoms with Crippen molar-refractivity contribution in [1.29, 1.82) is 0 Å². The van der Waals surface area contributed by atoms with Crippen molar-refractivity contribution in [1.82, 2.24) is 0 Å². The van der Waals surface area contributed by atoms with Crippen molar-refractivity contribution in [3.05, 3.63) is 23.8 Å². The van der Waals surface area contributed by atoms with Gasteiger partial charge in [0.2, 0.25) is 0 Å². The molecule has 0 aromatic heterocycles. The maximum atomic E-state index is 12.7. The number of carbonyl (C=O) groups excluding carboxylic acids is 1. The lowest BCUT2D eigenvalue weighted by Gasteiger charge is -2.22. The number of ether oxygens (including phenoxy) is 2. The molecule has 1 saturated heterocycles. The number of halogens is 3. The molecule has 0 bridgehead atoms. The minimum Gasteiger partial charge on any atom is -0.398 e. The lowest BCUT2D eigenvalue weighted by atomic mass is 10.1. The van der Waals surface area contributed by atoms with Gasteiger partial charge in [-0.05, 0) is 18.2 Å². The summed E-state index contributed by atoms with van der Waals surface area (Å²) in [6.45, 7) is 0.741. The van der Waals surface area contributed by atoms with Crippen molar-refractivity contribution in [3.63, 3.8) is 0 Å². The van der Waals surface area contributed by atoms with Crippen molar-refractivity contribution in [3.8, 4) is 0 Å². The Morgan fingerprint density at radius 2 is 2.10 bits per heavy atom. The molecule has 1 unspecified atom stereocenters. The maximum Gasteiger partial charge on any atom is 0.418 e. The first kappa shape index (κ1) is 14.6. The lowest BCUT2D eigenvalue weighted by Crippen LogP contribution is -2.39. The number of amides is 1. The van der Waals surface area contributed by atoms with Crippen LogP contribution in [0.4, 0.5) is 24.5 Å². The molecule has 1 aromatic rings. The number of anilines is 2. The summed E-state index contributed by atoms with van der Waals surface area (Å²) < 4.78 is 48.3. The van der Waals surface area contributed by atoms with E-state index in [4.69, 9.17) is 15.2 Å². The van der Waals surface area contributed by atoms with Crippen LogP contribution in [0.1, 0.15) is 5.56 Å². The van der Waals surface area contributed by atoms with E-state index in [-0.39, 0.29) is 18.9 Å². The first-order chi connectivity index (χ1) is 9.38. The summed E-state index contributed by atoms with van der Waals surface area (Å²) in [6, 6.07) is 3.18. The quantitative estimate of drug-likeness (QED) is 0.812. The van der Waals surface area contributed by atoms with Gasteiger partial charge >= 0.3 is 6.18 Å².